The summed E-state index contributed by atoms with van der Waals surface area (Å²) in [6.45, 7) is 6.14. The maximum absolute atomic E-state index is 10.8. The van der Waals surface area contributed by atoms with E-state index in [1.807, 2.05) is 19.9 Å². The third kappa shape index (κ3) is 2.38. The van der Waals surface area contributed by atoms with Gasteiger partial charge in [0.05, 0.1) is 5.56 Å². The van der Waals surface area contributed by atoms with E-state index in [1.54, 1.807) is 12.1 Å². The summed E-state index contributed by atoms with van der Waals surface area (Å²) in [5.41, 5.74) is 1.64. The quantitative estimate of drug-likeness (QED) is 0.662. The van der Waals surface area contributed by atoms with E-state index < -0.39 is 0 Å². The molecule has 0 atom stereocenters. The standard InChI is InChI=1S/C13H13BN2O2.C2H6/c15-9-14-5-13(6-14)7-16(8-13)11-1-2-12(18)10(3-11)4-17;1-2/h1-4,18H,5-8H2;1-2H3. The van der Waals surface area contributed by atoms with Gasteiger partial charge in [-0.15, -0.1) is 0 Å². The monoisotopic (exact) mass is 270 g/mol. The molecule has 0 amide bonds. The fourth-order valence-electron chi connectivity index (χ4n) is 3.11. The predicted molar refractivity (Wildman–Crippen MR) is 80.5 cm³/mol. The molecule has 1 spiro atoms. The minimum absolute atomic E-state index is 0.0252. The van der Waals surface area contributed by atoms with Crippen molar-refractivity contribution in [2.75, 3.05) is 18.0 Å². The Morgan fingerprint density at radius 2 is 2.05 bits per heavy atom. The number of phenolic OH excluding ortho intramolecular Hbond substituents is 1. The highest BCUT2D eigenvalue weighted by molar-refractivity contribution is 6.70. The van der Waals surface area contributed by atoms with Crippen LogP contribution in [0.25, 0.3) is 0 Å². The summed E-state index contributed by atoms with van der Waals surface area (Å²) in [6, 6.07) is 5.11. The van der Waals surface area contributed by atoms with E-state index in [0.717, 1.165) is 31.4 Å². The second-order valence-electron chi connectivity index (χ2n) is 5.45. The molecule has 5 heteroatoms. The number of nitriles is 1. The molecule has 20 heavy (non-hydrogen) atoms. The lowest BCUT2D eigenvalue weighted by Crippen LogP contribution is -2.64. The van der Waals surface area contributed by atoms with Gasteiger partial charge in [-0.2, -0.15) is 0 Å². The van der Waals surface area contributed by atoms with Crippen molar-refractivity contribution in [3.8, 4) is 11.7 Å². The number of carbonyl (C=O) groups is 1. The average molecular weight is 270 g/mol. The van der Waals surface area contributed by atoms with E-state index in [4.69, 9.17) is 5.26 Å². The van der Waals surface area contributed by atoms with Crippen molar-refractivity contribution in [1.29, 1.82) is 5.26 Å². The summed E-state index contributed by atoms with van der Waals surface area (Å²) >= 11 is 0. The van der Waals surface area contributed by atoms with E-state index in [1.165, 1.54) is 0 Å². The van der Waals surface area contributed by atoms with Gasteiger partial charge >= 0.3 is 0 Å². The van der Waals surface area contributed by atoms with Crippen LogP contribution in [0.15, 0.2) is 18.2 Å². The first-order valence-corrected chi connectivity index (χ1v) is 7.09. The van der Waals surface area contributed by atoms with Crippen molar-refractivity contribution >= 4 is 18.7 Å². The summed E-state index contributed by atoms with van der Waals surface area (Å²) in [5.74, 6) is 2.33. The van der Waals surface area contributed by atoms with E-state index >= 15 is 0 Å². The topological polar surface area (TPSA) is 64.3 Å². The Bertz CT molecular complexity index is 539. The number of rotatable bonds is 2. The zero-order valence-corrected chi connectivity index (χ0v) is 12.0. The number of nitrogens with zero attached hydrogens (tertiary/aromatic N) is 2. The summed E-state index contributed by atoms with van der Waals surface area (Å²) in [5, 5.41) is 18.2. The van der Waals surface area contributed by atoms with Crippen LogP contribution in [0.2, 0.25) is 12.6 Å². The van der Waals surface area contributed by atoms with E-state index in [9.17, 15) is 9.90 Å². The number of benzene rings is 1. The van der Waals surface area contributed by atoms with Gasteiger partial charge in [0, 0.05) is 24.7 Å². The molecule has 104 valence electrons. The van der Waals surface area contributed by atoms with Crippen molar-refractivity contribution in [2.45, 2.75) is 26.5 Å². The van der Waals surface area contributed by atoms with Gasteiger partial charge in [-0.3, -0.25) is 4.79 Å². The molecule has 3 rings (SSSR count). The molecule has 2 aliphatic rings. The van der Waals surface area contributed by atoms with Gasteiger partial charge in [-0.1, -0.05) is 26.5 Å². The zero-order valence-electron chi connectivity index (χ0n) is 12.0. The Balaban J connectivity index is 0.000000704. The summed E-state index contributed by atoms with van der Waals surface area (Å²) < 4.78 is 0. The second kappa shape index (κ2) is 5.58. The van der Waals surface area contributed by atoms with Gasteiger partial charge in [0.25, 0.3) is 6.71 Å². The second-order valence-corrected chi connectivity index (χ2v) is 5.45. The zero-order chi connectivity index (χ0) is 14.8. The van der Waals surface area contributed by atoms with Crippen molar-refractivity contribution in [2.24, 2.45) is 5.41 Å². The minimum atomic E-state index is 0.0252. The Morgan fingerprint density at radius 1 is 1.40 bits per heavy atom. The SMILES string of the molecule is CC.N#CB1CC2(C1)CN(c1ccc(O)c(C=O)c1)C2. The van der Waals surface area contributed by atoms with Gasteiger partial charge in [0.2, 0.25) is 0 Å². The highest BCUT2D eigenvalue weighted by atomic mass is 16.3. The summed E-state index contributed by atoms with van der Waals surface area (Å²) in [7, 11) is 0. The van der Waals surface area contributed by atoms with Crippen LogP contribution in [0.1, 0.15) is 24.2 Å². The van der Waals surface area contributed by atoms with Crippen LogP contribution in [0.4, 0.5) is 5.69 Å². The lowest BCUT2D eigenvalue weighted by Gasteiger charge is -2.58. The maximum Gasteiger partial charge on any atom is 0.269 e. The van der Waals surface area contributed by atoms with Crippen LogP contribution in [0.5, 0.6) is 5.75 Å². The van der Waals surface area contributed by atoms with Crippen LogP contribution in [-0.4, -0.2) is 31.2 Å². The smallest absolute Gasteiger partial charge is 0.269 e. The molecule has 2 saturated heterocycles. The van der Waals surface area contributed by atoms with E-state index in [-0.39, 0.29) is 12.5 Å². The van der Waals surface area contributed by atoms with Crippen LogP contribution in [0, 0.1) is 16.6 Å². The normalized spacial score (nSPS) is 18.2. The number of hydrogen-bond donors (Lipinski definition) is 1. The lowest BCUT2D eigenvalue weighted by molar-refractivity contribution is 0.112. The van der Waals surface area contributed by atoms with Gasteiger partial charge < -0.3 is 10.0 Å². The van der Waals surface area contributed by atoms with Gasteiger partial charge in [0.15, 0.2) is 6.29 Å². The number of hydrogen-bond acceptors (Lipinski definition) is 4. The number of aromatic hydroxyl groups is 1. The Hall–Kier alpha value is -1.96. The number of aldehydes is 1. The number of phenols is 1. The largest absolute Gasteiger partial charge is 0.507 e. The molecule has 4 nitrogen and oxygen atoms in total. The van der Waals surface area contributed by atoms with E-state index in [2.05, 4.69) is 10.9 Å². The number of carbonyl (C=O) groups excluding carboxylic acids is 1. The Kier molecular flexibility index (Phi) is 4.03. The van der Waals surface area contributed by atoms with Gasteiger partial charge in [0.1, 0.15) is 5.75 Å². The van der Waals surface area contributed by atoms with Crippen LogP contribution < -0.4 is 4.90 Å². The highest BCUT2D eigenvalue weighted by Crippen LogP contribution is 2.50. The first-order chi connectivity index (χ1) is 9.65. The summed E-state index contributed by atoms with van der Waals surface area (Å²) in [6.07, 6.45) is 2.67. The van der Waals surface area contributed by atoms with Gasteiger partial charge in [-0.25, -0.2) is 5.26 Å². The maximum atomic E-state index is 10.8. The Morgan fingerprint density at radius 3 is 2.60 bits per heavy atom. The molecule has 0 radical (unpaired) electrons. The molecule has 0 saturated carbocycles. The summed E-state index contributed by atoms with van der Waals surface area (Å²) in [4.78, 5) is 13.0. The highest BCUT2D eigenvalue weighted by Gasteiger charge is 2.54. The molecule has 0 aromatic heterocycles. The fraction of sp³-hybridized carbons (Fsp3) is 0.467. The first-order valence-electron chi connectivity index (χ1n) is 7.09. The molecule has 1 aromatic carbocycles. The van der Waals surface area contributed by atoms with Crippen molar-refractivity contribution in [1.82, 2.24) is 0 Å². The van der Waals surface area contributed by atoms with Crippen molar-refractivity contribution in [3.63, 3.8) is 0 Å². The first kappa shape index (κ1) is 14.5. The molecular formula is C15H19BN2O2. The molecule has 0 bridgehead atoms. The molecular weight excluding hydrogens is 251 g/mol. The fourth-order valence-corrected chi connectivity index (χ4v) is 3.11. The Labute approximate surface area is 120 Å². The van der Waals surface area contributed by atoms with Crippen LogP contribution >= 0.6 is 0 Å². The molecule has 2 heterocycles. The third-order valence-corrected chi connectivity index (χ3v) is 4.10. The van der Waals surface area contributed by atoms with Crippen molar-refractivity contribution in [3.05, 3.63) is 23.8 Å². The average Bonchev–Trinajstić information content (AvgIpc) is 2.40. The predicted octanol–water partition coefficient (Wildman–Crippen LogP) is 2.61. The van der Waals surface area contributed by atoms with Crippen LogP contribution in [-0.2, 0) is 0 Å². The lowest BCUT2D eigenvalue weighted by atomic mass is 9.26. The molecule has 0 aliphatic carbocycles. The molecule has 0 unspecified atom stereocenters. The van der Waals surface area contributed by atoms with E-state index in [0.29, 0.717) is 17.3 Å². The van der Waals surface area contributed by atoms with Gasteiger partial charge in [-0.05, 0) is 23.6 Å². The molecule has 1 aromatic rings. The third-order valence-electron chi connectivity index (χ3n) is 4.10. The van der Waals surface area contributed by atoms with Crippen LogP contribution in [0.3, 0.4) is 0 Å². The van der Waals surface area contributed by atoms with Crippen molar-refractivity contribution < 1.29 is 9.90 Å². The molecule has 2 fully saturated rings. The molecule has 1 N–H and O–H groups in total. The number of anilines is 1. The molecule has 2 aliphatic heterocycles. The minimum Gasteiger partial charge on any atom is -0.507 e.